The molecule has 1 heterocycles. The van der Waals surface area contributed by atoms with Crippen molar-refractivity contribution in [1.29, 1.82) is 0 Å². The highest BCUT2D eigenvalue weighted by atomic mass is 16.1. The molecule has 0 aliphatic carbocycles. The zero-order valence-electron chi connectivity index (χ0n) is 10.9. The van der Waals surface area contributed by atoms with Gasteiger partial charge in [-0.3, -0.25) is 4.79 Å². The number of hydrogen-bond donors (Lipinski definition) is 2. The molecule has 1 aliphatic rings. The van der Waals surface area contributed by atoms with Crippen LogP contribution in [0.3, 0.4) is 0 Å². The molecule has 0 radical (unpaired) electrons. The van der Waals surface area contributed by atoms with Crippen LogP contribution in [0, 0.1) is 0 Å². The average molecular weight is 247 g/mol. The molecule has 3 N–H and O–H groups in total. The van der Waals surface area contributed by atoms with Crippen LogP contribution >= 0.6 is 0 Å². The van der Waals surface area contributed by atoms with Gasteiger partial charge >= 0.3 is 0 Å². The Bertz CT molecular complexity index is 411. The summed E-state index contributed by atoms with van der Waals surface area (Å²) in [4.78, 5) is 14.4. The van der Waals surface area contributed by atoms with Gasteiger partial charge in [-0.15, -0.1) is 0 Å². The fraction of sp³-hybridized carbons (Fsp3) is 0.500. The fourth-order valence-corrected chi connectivity index (χ4v) is 2.26. The molecule has 0 spiro atoms. The van der Waals surface area contributed by atoms with E-state index in [9.17, 15) is 4.79 Å². The number of hydrogen-bond acceptors (Lipinski definition) is 3. The van der Waals surface area contributed by atoms with Gasteiger partial charge in [0.05, 0.1) is 0 Å². The van der Waals surface area contributed by atoms with Gasteiger partial charge in [-0.2, -0.15) is 0 Å². The van der Waals surface area contributed by atoms with Crippen LogP contribution in [0.2, 0.25) is 0 Å². The molecule has 1 amide bonds. The van der Waals surface area contributed by atoms with Crippen molar-refractivity contribution in [2.45, 2.75) is 25.4 Å². The van der Waals surface area contributed by atoms with E-state index in [1.807, 2.05) is 24.3 Å². The van der Waals surface area contributed by atoms with Gasteiger partial charge in [0.25, 0.3) is 5.91 Å². The standard InChI is InChI=1S/C14H21N3O/c1-17-7-5-13(6-8-17)16-14(18)12-4-2-3-11(9-12)10-15/h2-4,9,13H,5-8,10,15H2,1H3,(H,16,18). The summed E-state index contributed by atoms with van der Waals surface area (Å²) in [6.07, 6.45) is 2.05. The molecule has 0 bridgehead atoms. The van der Waals surface area contributed by atoms with Crippen LogP contribution in [0.4, 0.5) is 0 Å². The Morgan fingerprint density at radius 2 is 2.17 bits per heavy atom. The Morgan fingerprint density at radius 1 is 1.44 bits per heavy atom. The van der Waals surface area contributed by atoms with Gasteiger partial charge in [0.1, 0.15) is 0 Å². The Balaban J connectivity index is 1.94. The first-order valence-corrected chi connectivity index (χ1v) is 6.47. The fourth-order valence-electron chi connectivity index (χ4n) is 2.26. The van der Waals surface area contributed by atoms with E-state index in [2.05, 4.69) is 17.3 Å². The number of carbonyl (C=O) groups is 1. The Hall–Kier alpha value is -1.39. The van der Waals surface area contributed by atoms with Crippen LogP contribution in [-0.2, 0) is 6.54 Å². The second-order valence-corrected chi connectivity index (χ2v) is 4.96. The van der Waals surface area contributed by atoms with Gasteiger partial charge in [-0.25, -0.2) is 0 Å². The summed E-state index contributed by atoms with van der Waals surface area (Å²) in [5.74, 6) is 0.0138. The van der Waals surface area contributed by atoms with Gasteiger partial charge in [0.15, 0.2) is 0 Å². The lowest BCUT2D eigenvalue weighted by Gasteiger charge is -2.29. The molecule has 1 aliphatic heterocycles. The van der Waals surface area contributed by atoms with Gasteiger partial charge in [-0.1, -0.05) is 12.1 Å². The topological polar surface area (TPSA) is 58.4 Å². The number of nitrogens with zero attached hydrogens (tertiary/aromatic N) is 1. The highest BCUT2D eigenvalue weighted by molar-refractivity contribution is 5.94. The molecule has 98 valence electrons. The van der Waals surface area contributed by atoms with Crippen molar-refractivity contribution in [2.24, 2.45) is 5.73 Å². The predicted octanol–water partition coefficient (Wildman–Crippen LogP) is 0.969. The summed E-state index contributed by atoms with van der Waals surface area (Å²) in [5, 5.41) is 3.10. The zero-order valence-corrected chi connectivity index (χ0v) is 10.9. The van der Waals surface area contributed by atoms with Gasteiger partial charge < -0.3 is 16.0 Å². The number of benzene rings is 1. The molecule has 0 atom stereocenters. The van der Waals surface area contributed by atoms with E-state index >= 15 is 0 Å². The molecule has 1 saturated heterocycles. The van der Waals surface area contributed by atoms with E-state index in [1.165, 1.54) is 0 Å². The summed E-state index contributed by atoms with van der Waals surface area (Å²) < 4.78 is 0. The minimum Gasteiger partial charge on any atom is -0.349 e. The SMILES string of the molecule is CN1CCC(NC(=O)c2cccc(CN)c2)CC1. The second kappa shape index (κ2) is 5.98. The van der Waals surface area contributed by atoms with Crippen LogP contribution in [0.1, 0.15) is 28.8 Å². The zero-order chi connectivity index (χ0) is 13.0. The van der Waals surface area contributed by atoms with Crippen LogP contribution in [0.15, 0.2) is 24.3 Å². The molecule has 1 fully saturated rings. The maximum absolute atomic E-state index is 12.1. The molecule has 1 aromatic carbocycles. The molecule has 4 heteroatoms. The molecule has 0 unspecified atom stereocenters. The summed E-state index contributed by atoms with van der Waals surface area (Å²) in [6.45, 7) is 2.57. The highest BCUT2D eigenvalue weighted by Crippen LogP contribution is 2.10. The van der Waals surface area contributed by atoms with E-state index < -0.39 is 0 Å². The number of likely N-dealkylation sites (tertiary alicyclic amines) is 1. The van der Waals surface area contributed by atoms with Gasteiger partial charge in [0, 0.05) is 18.2 Å². The van der Waals surface area contributed by atoms with Crippen molar-refractivity contribution < 1.29 is 4.79 Å². The summed E-state index contributed by atoms with van der Waals surface area (Å²) in [5.41, 5.74) is 7.28. The molecular weight excluding hydrogens is 226 g/mol. The smallest absolute Gasteiger partial charge is 0.251 e. The van der Waals surface area contributed by atoms with E-state index in [-0.39, 0.29) is 5.91 Å². The van der Waals surface area contributed by atoms with Crippen molar-refractivity contribution in [3.8, 4) is 0 Å². The van der Waals surface area contributed by atoms with Crippen molar-refractivity contribution >= 4 is 5.91 Å². The molecular formula is C14H21N3O. The number of carbonyl (C=O) groups excluding carboxylic acids is 1. The molecule has 18 heavy (non-hydrogen) atoms. The molecule has 2 rings (SSSR count). The monoisotopic (exact) mass is 247 g/mol. The number of nitrogens with one attached hydrogen (secondary N) is 1. The third-order valence-electron chi connectivity index (χ3n) is 3.48. The normalized spacial score (nSPS) is 17.7. The maximum atomic E-state index is 12.1. The second-order valence-electron chi connectivity index (χ2n) is 4.96. The largest absolute Gasteiger partial charge is 0.349 e. The molecule has 0 aromatic heterocycles. The van der Waals surface area contributed by atoms with Crippen LogP contribution in [0.5, 0.6) is 0 Å². The van der Waals surface area contributed by atoms with Crippen molar-refractivity contribution in [2.75, 3.05) is 20.1 Å². The van der Waals surface area contributed by atoms with E-state index in [0.29, 0.717) is 18.2 Å². The summed E-state index contributed by atoms with van der Waals surface area (Å²) in [7, 11) is 2.11. The van der Waals surface area contributed by atoms with Crippen LogP contribution in [-0.4, -0.2) is 37.0 Å². The molecule has 1 aromatic rings. The quantitative estimate of drug-likeness (QED) is 0.836. The van der Waals surface area contributed by atoms with Crippen molar-refractivity contribution in [3.05, 3.63) is 35.4 Å². The molecule has 0 saturated carbocycles. The average Bonchev–Trinajstić information content (AvgIpc) is 2.41. The van der Waals surface area contributed by atoms with E-state index in [1.54, 1.807) is 0 Å². The van der Waals surface area contributed by atoms with Crippen LogP contribution in [0.25, 0.3) is 0 Å². The number of rotatable bonds is 3. The Labute approximate surface area is 108 Å². The van der Waals surface area contributed by atoms with Gasteiger partial charge in [-0.05, 0) is 50.7 Å². The van der Waals surface area contributed by atoms with Crippen LogP contribution < -0.4 is 11.1 Å². The lowest BCUT2D eigenvalue weighted by Crippen LogP contribution is -2.43. The van der Waals surface area contributed by atoms with E-state index in [0.717, 1.165) is 31.5 Å². The number of nitrogens with two attached hydrogens (primary N) is 1. The lowest BCUT2D eigenvalue weighted by atomic mass is 10.0. The third kappa shape index (κ3) is 3.31. The summed E-state index contributed by atoms with van der Waals surface area (Å²) in [6, 6.07) is 7.82. The molecule has 4 nitrogen and oxygen atoms in total. The Kier molecular flexibility index (Phi) is 4.33. The third-order valence-corrected chi connectivity index (χ3v) is 3.48. The lowest BCUT2D eigenvalue weighted by molar-refractivity contribution is 0.0917. The van der Waals surface area contributed by atoms with Gasteiger partial charge in [0.2, 0.25) is 0 Å². The van der Waals surface area contributed by atoms with E-state index in [4.69, 9.17) is 5.73 Å². The first-order chi connectivity index (χ1) is 8.69. The number of piperidine rings is 1. The highest BCUT2D eigenvalue weighted by Gasteiger charge is 2.18. The minimum atomic E-state index is 0.0138. The van der Waals surface area contributed by atoms with Crippen molar-refractivity contribution in [3.63, 3.8) is 0 Å². The number of amides is 1. The first-order valence-electron chi connectivity index (χ1n) is 6.47. The summed E-state index contributed by atoms with van der Waals surface area (Å²) >= 11 is 0. The maximum Gasteiger partial charge on any atom is 0.251 e. The first kappa shape index (κ1) is 13.1. The van der Waals surface area contributed by atoms with Crippen molar-refractivity contribution in [1.82, 2.24) is 10.2 Å². The predicted molar refractivity (Wildman–Crippen MR) is 72.3 cm³/mol. The minimum absolute atomic E-state index is 0.0138. The Morgan fingerprint density at radius 3 is 2.83 bits per heavy atom.